The van der Waals surface area contributed by atoms with Crippen LogP contribution in [0.15, 0.2) is 48.5 Å². The Bertz CT molecular complexity index is 908. The summed E-state index contributed by atoms with van der Waals surface area (Å²) in [5.41, 5.74) is 2.24. The number of hydrogen-bond donors (Lipinski definition) is 1. The van der Waals surface area contributed by atoms with E-state index in [2.05, 4.69) is 10.3 Å². The topological polar surface area (TPSA) is 51.2 Å². The number of rotatable bonds is 5. The van der Waals surface area contributed by atoms with Crippen LogP contribution in [0, 0.1) is 6.92 Å². The third-order valence-electron chi connectivity index (χ3n) is 3.55. The fourth-order valence-corrected chi connectivity index (χ4v) is 3.47. The van der Waals surface area contributed by atoms with Crippen LogP contribution in [0.25, 0.3) is 11.3 Å². The Morgan fingerprint density at radius 2 is 2.04 bits per heavy atom. The maximum atomic E-state index is 12.6. The number of carbonyl (C=O) groups excluding carboxylic acids is 1. The first-order valence-corrected chi connectivity index (χ1v) is 9.04. The van der Waals surface area contributed by atoms with E-state index in [4.69, 9.17) is 16.3 Å². The van der Waals surface area contributed by atoms with Crippen molar-refractivity contribution in [1.82, 2.24) is 4.98 Å². The lowest BCUT2D eigenvalue weighted by Gasteiger charge is -2.08. The summed E-state index contributed by atoms with van der Waals surface area (Å²) in [7, 11) is 0. The Morgan fingerprint density at radius 3 is 2.80 bits per heavy atom. The second-order valence-electron chi connectivity index (χ2n) is 5.32. The van der Waals surface area contributed by atoms with Crippen LogP contribution in [-0.2, 0) is 0 Å². The van der Waals surface area contributed by atoms with E-state index in [0.717, 1.165) is 16.1 Å². The summed E-state index contributed by atoms with van der Waals surface area (Å²) < 4.78 is 5.51. The molecular formula is C19H17ClN2O2S. The zero-order chi connectivity index (χ0) is 17.8. The van der Waals surface area contributed by atoms with Gasteiger partial charge in [0.25, 0.3) is 5.91 Å². The number of carbonyl (C=O) groups is 1. The average molecular weight is 373 g/mol. The molecule has 0 spiro atoms. The molecule has 1 aromatic heterocycles. The molecule has 0 fully saturated rings. The SMILES string of the molecule is CCOc1ccccc1C(=O)Nc1nc(-c2cccc(Cl)c2)c(C)s1. The highest BCUT2D eigenvalue weighted by Gasteiger charge is 2.16. The predicted octanol–water partition coefficient (Wildman–Crippen LogP) is 5.42. The van der Waals surface area contributed by atoms with Crippen molar-refractivity contribution < 1.29 is 9.53 Å². The summed E-state index contributed by atoms with van der Waals surface area (Å²) in [5.74, 6) is 0.321. The normalized spacial score (nSPS) is 10.5. The van der Waals surface area contributed by atoms with Gasteiger partial charge >= 0.3 is 0 Å². The van der Waals surface area contributed by atoms with Crippen LogP contribution in [0.1, 0.15) is 22.2 Å². The zero-order valence-electron chi connectivity index (χ0n) is 13.9. The molecule has 0 saturated carbocycles. The minimum atomic E-state index is -0.240. The Balaban J connectivity index is 1.85. The van der Waals surface area contributed by atoms with Crippen molar-refractivity contribution in [2.75, 3.05) is 11.9 Å². The van der Waals surface area contributed by atoms with Crippen molar-refractivity contribution in [3.63, 3.8) is 0 Å². The molecule has 3 aromatic rings. The van der Waals surface area contributed by atoms with Crippen LogP contribution in [0.5, 0.6) is 5.75 Å². The lowest BCUT2D eigenvalue weighted by Crippen LogP contribution is -2.13. The van der Waals surface area contributed by atoms with Gasteiger partial charge in [-0.2, -0.15) is 0 Å². The molecule has 128 valence electrons. The smallest absolute Gasteiger partial charge is 0.261 e. The number of halogens is 1. The van der Waals surface area contributed by atoms with E-state index in [1.807, 2.05) is 50.2 Å². The molecule has 2 aromatic carbocycles. The Hall–Kier alpha value is -2.37. The van der Waals surface area contributed by atoms with Gasteiger partial charge in [-0.15, -0.1) is 11.3 Å². The van der Waals surface area contributed by atoms with E-state index < -0.39 is 0 Å². The van der Waals surface area contributed by atoms with Gasteiger partial charge in [-0.05, 0) is 38.1 Å². The highest BCUT2D eigenvalue weighted by atomic mass is 35.5. The van der Waals surface area contributed by atoms with Gasteiger partial charge in [0, 0.05) is 15.5 Å². The first kappa shape index (κ1) is 17.5. The van der Waals surface area contributed by atoms with Gasteiger partial charge in [0.05, 0.1) is 17.9 Å². The monoisotopic (exact) mass is 372 g/mol. The number of hydrogen-bond acceptors (Lipinski definition) is 4. The highest BCUT2D eigenvalue weighted by molar-refractivity contribution is 7.16. The van der Waals surface area contributed by atoms with Crippen LogP contribution < -0.4 is 10.1 Å². The molecule has 0 bridgehead atoms. The van der Waals surface area contributed by atoms with Gasteiger partial charge in [-0.25, -0.2) is 4.98 Å². The minimum Gasteiger partial charge on any atom is -0.493 e. The van der Waals surface area contributed by atoms with E-state index in [1.165, 1.54) is 11.3 Å². The molecule has 1 amide bonds. The third-order valence-corrected chi connectivity index (χ3v) is 4.67. The van der Waals surface area contributed by atoms with Crippen LogP contribution >= 0.6 is 22.9 Å². The second-order valence-corrected chi connectivity index (χ2v) is 6.96. The van der Waals surface area contributed by atoms with Crippen LogP contribution in [0.3, 0.4) is 0 Å². The van der Waals surface area contributed by atoms with Gasteiger partial charge < -0.3 is 4.74 Å². The first-order valence-electron chi connectivity index (χ1n) is 7.85. The van der Waals surface area contributed by atoms with Crippen molar-refractivity contribution in [3.8, 4) is 17.0 Å². The number of nitrogens with zero attached hydrogens (tertiary/aromatic N) is 1. The van der Waals surface area contributed by atoms with E-state index in [1.54, 1.807) is 12.1 Å². The van der Waals surface area contributed by atoms with Crippen molar-refractivity contribution in [2.45, 2.75) is 13.8 Å². The largest absolute Gasteiger partial charge is 0.493 e. The first-order chi connectivity index (χ1) is 12.1. The van der Waals surface area contributed by atoms with E-state index >= 15 is 0 Å². The van der Waals surface area contributed by atoms with Crippen molar-refractivity contribution in [2.24, 2.45) is 0 Å². The third kappa shape index (κ3) is 4.00. The van der Waals surface area contributed by atoms with E-state index in [9.17, 15) is 4.79 Å². The Labute approximate surface area is 155 Å². The fourth-order valence-electron chi connectivity index (χ4n) is 2.45. The molecule has 1 heterocycles. The van der Waals surface area contributed by atoms with E-state index in [0.29, 0.717) is 28.1 Å². The summed E-state index contributed by atoms with van der Waals surface area (Å²) in [6.45, 7) is 4.35. The predicted molar refractivity (Wildman–Crippen MR) is 103 cm³/mol. The Morgan fingerprint density at radius 1 is 1.24 bits per heavy atom. The van der Waals surface area contributed by atoms with Gasteiger partial charge in [-0.3, -0.25) is 10.1 Å². The maximum absolute atomic E-state index is 12.6. The molecule has 0 aliphatic carbocycles. The molecular weight excluding hydrogens is 356 g/mol. The standard InChI is InChI=1S/C19H17ClN2O2S/c1-3-24-16-10-5-4-9-15(16)18(23)22-19-21-17(12(2)25-19)13-7-6-8-14(20)11-13/h4-11H,3H2,1-2H3,(H,21,22,23). The summed E-state index contributed by atoms with van der Waals surface area (Å²) in [6.07, 6.45) is 0. The number of thiazole rings is 1. The van der Waals surface area contributed by atoms with Crippen LogP contribution in [0.4, 0.5) is 5.13 Å². The molecule has 1 N–H and O–H groups in total. The number of nitrogens with one attached hydrogen (secondary N) is 1. The lowest BCUT2D eigenvalue weighted by molar-refractivity contribution is 0.102. The quantitative estimate of drug-likeness (QED) is 0.650. The number of anilines is 1. The molecule has 0 aliphatic rings. The maximum Gasteiger partial charge on any atom is 0.261 e. The number of para-hydroxylation sites is 1. The molecule has 4 nitrogen and oxygen atoms in total. The number of amides is 1. The summed E-state index contributed by atoms with van der Waals surface area (Å²) in [6, 6.07) is 14.7. The molecule has 25 heavy (non-hydrogen) atoms. The van der Waals surface area contributed by atoms with Crippen molar-refractivity contribution in [1.29, 1.82) is 0 Å². The van der Waals surface area contributed by atoms with E-state index in [-0.39, 0.29) is 5.91 Å². The number of aryl methyl sites for hydroxylation is 1. The number of aromatic nitrogens is 1. The molecule has 0 radical (unpaired) electrons. The van der Waals surface area contributed by atoms with Gasteiger partial charge in [-0.1, -0.05) is 35.9 Å². The van der Waals surface area contributed by atoms with Crippen LogP contribution in [-0.4, -0.2) is 17.5 Å². The summed E-state index contributed by atoms with van der Waals surface area (Å²) in [4.78, 5) is 18.1. The molecule has 0 aliphatic heterocycles. The lowest BCUT2D eigenvalue weighted by atomic mass is 10.1. The van der Waals surface area contributed by atoms with Gasteiger partial charge in [0.15, 0.2) is 5.13 Å². The minimum absolute atomic E-state index is 0.240. The average Bonchev–Trinajstić information content (AvgIpc) is 2.96. The second kappa shape index (κ2) is 7.68. The Kier molecular flexibility index (Phi) is 5.36. The molecule has 3 rings (SSSR count). The molecule has 0 unspecified atom stereocenters. The zero-order valence-corrected chi connectivity index (χ0v) is 15.4. The van der Waals surface area contributed by atoms with Crippen molar-refractivity contribution >= 4 is 34.0 Å². The number of ether oxygens (including phenoxy) is 1. The van der Waals surface area contributed by atoms with Crippen molar-refractivity contribution in [3.05, 3.63) is 64.0 Å². The van der Waals surface area contributed by atoms with Crippen LogP contribution in [0.2, 0.25) is 5.02 Å². The van der Waals surface area contributed by atoms with Gasteiger partial charge in [0.2, 0.25) is 0 Å². The molecule has 6 heteroatoms. The van der Waals surface area contributed by atoms with Gasteiger partial charge in [0.1, 0.15) is 5.75 Å². The summed E-state index contributed by atoms with van der Waals surface area (Å²) in [5, 5.41) is 4.06. The highest BCUT2D eigenvalue weighted by Crippen LogP contribution is 2.32. The number of benzene rings is 2. The molecule has 0 atom stereocenters. The fraction of sp³-hybridized carbons (Fsp3) is 0.158. The molecule has 0 saturated heterocycles. The summed E-state index contributed by atoms with van der Waals surface area (Å²) >= 11 is 7.49.